The lowest BCUT2D eigenvalue weighted by Crippen LogP contribution is -2.14. The summed E-state index contributed by atoms with van der Waals surface area (Å²) < 4.78 is 5.33. The Morgan fingerprint density at radius 3 is 2.48 bits per heavy atom. The minimum Gasteiger partial charge on any atom is -0.494 e. The number of hydrogen-bond acceptors (Lipinski definition) is 5. The molecule has 2 rings (SSSR count). The minimum atomic E-state index is -0.535. The Bertz CT molecular complexity index is 714. The first kappa shape index (κ1) is 16.3. The number of nitro groups is 1. The molecule has 0 aliphatic heterocycles. The molecule has 0 spiro atoms. The van der Waals surface area contributed by atoms with Crippen LogP contribution in [-0.4, -0.2) is 24.5 Å². The van der Waals surface area contributed by atoms with Crippen molar-refractivity contribution in [3.8, 4) is 5.75 Å². The first-order valence-corrected chi connectivity index (χ1v) is 7.05. The number of rotatable bonds is 6. The second-order valence-corrected chi connectivity index (χ2v) is 4.65. The quantitative estimate of drug-likeness (QED) is 0.630. The Morgan fingerprint density at radius 1 is 1.22 bits per heavy atom. The average molecular weight is 315 g/mol. The van der Waals surface area contributed by atoms with Crippen LogP contribution in [-0.2, 0) is 0 Å². The molecule has 0 atom stereocenters. The predicted molar refractivity (Wildman–Crippen MR) is 88.2 cm³/mol. The monoisotopic (exact) mass is 315 g/mol. The number of benzene rings is 2. The van der Waals surface area contributed by atoms with E-state index in [0.717, 1.165) is 0 Å². The third kappa shape index (κ3) is 3.97. The van der Waals surface area contributed by atoms with Gasteiger partial charge in [-0.2, -0.15) is 0 Å². The van der Waals surface area contributed by atoms with Gasteiger partial charge in [0, 0.05) is 30.6 Å². The van der Waals surface area contributed by atoms with Gasteiger partial charge in [-0.3, -0.25) is 14.9 Å². The summed E-state index contributed by atoms with van der Waals surface area (Å²) in [5.74, 6) is 0.277. The maximum absolute atomic E-state index is 12.4. The molecular weight excluding hydrogens is 298 g/mol. The molecule has 23 heavy (non-hydrogen) atoms. The van der Waals surface area contributed by atoms with Crippen molar-refractivity contribution >= 4 is 23.0 Å². The lowest BCUT2D eigenvalue weighted by molar-refractivity contribution is -0.384. The van der Waals surface area contributed by atoms with Gasteiger partial charge in [0.15, 0.2) is 0 Å². The summed E-state index contributed by atoms with van der Waals surface area (Å²) in [6, 6.07) is 11.0. The molecule has 7 nitrogen and oxygen atoms in total. The molecule has 0 saturated carbocycles. The number of anilines is 2. The van der Waals surface area contributed by atoms with Gasteiger partial charge in [-0.15, -0.1) is 0 Å². The number of hydrogen-bond donors (Lipinski definition) is 2. The van der Waals surface area contributed by atoms with Crippen LogP contribution in [0.2, 0.25) is 0 Å². The van der Waals surface area contributed by atoms with E-state index in [-0.39, 0.29) is 11.3 Å². The first-order chi connectivity index (χ1) is 11.0. The van der Waals surface area contributed by atoms with E-state index in [1.54, 1.807) is 31.3 Å². The molecule has 2 aromatic rings. The molecule has 1 amide bonds. The zero-order chi connectivity index (χ0) is 16.8. The maximum Gasteiger partial charge on any atom is 0.270 e. The van der Waals surface area contributed by atoms with E-state index in [0.29, 0.717) is 23.7 Å². The lowest BCUT2D eigenvalue weighted by atomic mass is 10.1. The van der Waals surface area contributed by atoms with Crippen molar-refractivity contribution in [2.24, 2.45) is 0 Å². The summed E-state index contributed by atoms with van der Waals surface area (Å²) >= 11 is 0. The van der Waals surface area contributed by atoms with Crippen molar-refractivity contribution in [3.05, 3.63) is 58.1 Å². The molecule has 0 heterocycles. The number of carbonyl (C=O) groups excluding carboxylic acids is 1. The fourth-order valence-corrected chi connectivity index (χ4v) is 2.05. The van der Waals surface area contributed by atoms with Crippen LogP contribution in [0.3, 0.4) is 0 Å². The summed E-state index contributed by atoms with van der Waals surface area (Å²) in [5, 5.41) is 16.4. The molecule has 120 valence electrons. The van der Waals surface area contributed by atoms with E-state index in [1.807, 2.05) is 6.92 Å². The zero-order valence-electron chi connectivity index (χ0n) is 12.8. The molecule has 0 aromatic heterocycles. The number of nitrogens with one attached hydrogen (secondary N) is 2. The molecule has 0 radical (unpaired) electrons. The zero-order valence-corrected chi connectivity index (χ0v) is 12.8. The van der Waals surface area contributed by atoms with Crippen LogP contribution >= 0.6 is 0 Å². The fraction of sp³-hybridized carbons (Fsp3) is 0.188. The Morgan fingerprint density at radius 2 is 1.91 bits per heavy atom. The van der Waals surface area contributed by atoms with Gasteiger partial charge in [0.1, 0.15) is 5.75 Å². The van der Waals surface area contributed by atoms with Gasteiger partial charge < -0.3 is 15.4 Å². The smallest absolute Gasteiger partial charge is 0.270 e. The van der Waals surface area contributed by atoms with E-state index >= 15 is 0 Å². The predicted octanol–water partition coefficient (Wildman–Crippen LogP) is 3.29. The van der Waals surface area contributed by atoms with Gasteiger partial charge in [-0.1, -0.05) is 0 Å². The second kappa shape index (κ2) is 7.26. The van der Waals surface area contributed by atoms with Crippen LogP contribution in [0, 0.1) is 10.1 Å². The minimum absolute atomic E-state index is 0.138. The largest absolute Gasteiger partial charge is 0.494 e. The summed E-state index contributed by atoms with van der Waals surface area (Å²) in [7, 11) is 1.65. The number of carbonyl (C=O) groups is 1. The van der Waals surface area contributed by atoms with E-state index in [9.17, 15) is 14.9 Å². The highest BCUT2D eigenvalue weighted by atomic mass is 16.6. The Kier molecular flexibility index (Phi) is 5.14. The van der Waals surface area contributed by atoms with Gasteiger partial charge in [0.05, 0.1) is 17.1 Å². The van der Waals surface area contributed by atoms with Crippen molar-refractivity contribution < 1.29 is 14.5 Å². The second-order valence-electron chi connectivity index (χ2n) is 4.65. The highest BCUT2D eigenvalue weighted by Gasteiger charge is 2.16. The van der Waals surface area contributed by atoms with E-state index in [4.69, 9.17) is 4.74 Å². The van der Waals surface area contributed by atoms with Gasteiger partial charge in [0.25, 0.3) is 11.6 Å². The normalized spacial score (nSPS) is 10.0. The standard InChI is InChI=1S/C16H17N3O4/c1-3-23-13-7-4-11(5-8-13)18-16(20)14-10-12(19(21)22)6-9-15(14)17-2/h4-10,17H,3H2,1-2H3,(H,18,20). The Labute approximate surface area is 133 Å². The van der Waals surface area contributed by atoms with Gasteiger partial charge in [-0.25, -0.2) is 0 Å². The molecule has 0 unspecified atom stereocenters. The van der Waals surface area contributed by atoms with E-state index in [1.165, 1.54) is 18.2 Å². The summed E-state index contributed by atoms with van der Waals surface area (Å²) in [6.45, 7) is 2.45. The average Bonchev–Trinajstić information content (AvgIpc) is 2.56. The first-order valence-electron chi connectivity index (χ1n) is 7.05. The molecular formula is C16H17N3O4. The summed E-state index contributed by atoms with van der Waals surface area (Å²) in [4.78, 5) is 22.7. The molecule has 2 N–H and O–H groups in total. The summed E-state index contributed by atoms with van der Waals surface area (Å²) in [6.07, 6.45) is 0. The number of non-ortho nitro benzene ring substituents is 1. The number of nitrogens with zero attached hydrogens (tertiary/aromatic N) is 1. The van der Waals surface area contributed by atoms with Gasteiger partial charge >= 0.3 is 0 Å². The third-order valence-electron chi connectivity index (χ3n) is 3.15. The van der Waals surface area contributed by atoms with Crippen LogP contribution < -0.4 is 15.4 Å². The third-order valence-corrected chi connectivity index (χ3v) is 3.15. The molecule has 0 saturated heterocycles. The number of amides is 1. The Hall–Kier alpha value is -3.09. The highest BCUT2D eigenvalue weighted by molar-refractivity contribution is 6.08. The van der Waals surface area contributed by atoms with Crippen molar-refractivity contribution in [2.45, 2.75) is 6.92 Å². The molecule has 7 heteroatoms. The van der Waals surface area contributed by atoms with Crippen LogP contribution in [0.5, 0.6) is 5.75 Å². The maximum atomic E-state index is 12.4. The number of ether oxygens (including phenoxy) is 1. The van der Waals surface area contributed by atoms with Crippen molar-refractivity contribution in [3.63, 3.8) is 0 Å². The van der Waals surface area contributed by atoms with Crippen molar-refractivity contribution in [1.29, 1.82) is 0 Å². The van der Waals surface area contributed by atoms with Crippen LogP contribution in [0.1, 0.15) is 17.3 Å². The molecule has 0 aliphatic rings. The summed E-state index contributed by atoms with van der Waals surface area (Å²) in [5.41, 5.74) is 1.16. The molecule has 0 bridgehead atoms. The van der Waals surface area contributed by atoms with Crippen LogP contribution in [0.25, 0.3) is 0 Å². The van der Waals surface area contributed by atoms with Gasteiger partial charge in [0.2, 0.25) is 0 Å². The van der Waals surface area contributed by atoms with E-state index in [2.05, 4.69) is 10.6 Å². The van der Waals surface area contributed by atoms with Crippen LogP contribution in [0.15, 0.2) is 42.5 Å². The van der Waals surface area contributed by atoms with Crippen LogP contribution in [0.4, 0.5) is 17.1 Å². The topological polar surface area (TPSA) is 93.5 Å². The Balaban J connectivity index is 2.22. The highest BCUT2D eigenvalue weighted by Crippen LogP contribution is 2.23. The fourth-order valence-electron chi connectivity index (χ4n) is 2.05. The molecule has 0 aliphatic carbocycles. The molecule has 2 aromatic carbocycles. The lowest BCUT2D eigenvalue weighted by Gasteiger charge is -2.10. The van der Waals surface area contributed by atoms with Crippen molar-refractivity contribution in [2.75, 3.05) is 24.3 Å². The van der Waals surface area contributed by atoms with Crippen molar-refractivity contribution in [1.82, 2.24) is 0 Å². The SMILES string of the molecule is CCOc1ccc(NC(=O)c2cc([N+](=O)[O-])ccc2NC)cc1. The number of nitro benzene ring substituents is 1. The van der Waals surface area contributed by atoms with E-state index < -0.39 is 10.8 Å². The molecule has 0 fully saturated rings. The van der Waals surface area contributed by atoms with Gasteiger partial charge in [-0.05, 0) is 37.3 Å².